The van der Waals surface area contributed by atoms with Gasteiger partial charge in [0.05, 0.1) is 7.11 Å². The van der Waals surface area contributed by atoms with Gasteiger partial charge in [0.15, 0.2) is 0 Å². The van der Waals surface area contributed by atoms with Crippen LogP contribution >= 0.6 is 0 Å². The van der Waals surface area contributed by atoms with Crippen molar-refractivity contribution >= 4 is 22.7 Å². The second-order valence-electron chi connectivity index (χ2n) is 6.62. The van der Waals surface area contributed by atoms with E-state index in [9.17, 15) is 9.59 Å². The van der Waals surface area contributed by atoms with Crippen LogP contribution in [0.2, 0.25) is 0 Å². The van der Waals surface area contributed by atoms with E-state index in [-0.39, 0.29) is 17.7 Å². The van der Waals surface area contributed by atoms with Crippen molar-refractivity contribution in [2.75, 3.05) is 7.11 Å². The molecule has 1 aliphatic rings. The lowest BCUT2D eigenvalue weighted by Gasteiger charge is -2.37. The summed E-state index contributed by atoms with van der Waals surface area (Å²) in [5, 5.41) is 5.16. The number of piperazine rings is 1. The first-order valence-electron chi connectivity index (χ1n) is 8.23. The van der Waals surface area contributed by atoms with Gasteiger partial charge in [0, 0.05) is 23.5 Å². The summed E-state index contributed by atoms with van der Waals surface area (Å²) in [6.07, 6.45) is 2.90. The van der Waals surface area contributed by atoms with E-state index in [0.717, 1.165) is 16.5 Å². The normalized spacial score (nSPS) is 21.6. The van der Waals surface area contributed by atoms with Crippen molar-refractivity contribution in [2.45, 2.75) is 38.8 Å². The number of aromatic amines is 1. The smallest absolute Gasteiger partial charge is 0.269 e. The van der Waals surface area contributed by atoms with Crippen LogP contribution in [0.5, 0.6) is 0 Å². The van der Waals surface area contributed by atoms with Crippen LogP contribution in [0.3, 0.4) is 0 Å². The Morgan fingerprint density at radius 3 is 2.71 bits per heavy atom. The molecule has 2 aromatic rings. The minimum absolute atomic E-state index is 0.157. The van der Waals surface area contributed by atoms with Gasteiger partial charge in [-0.2, -0.15) is 0 Å². The van der Waals surface area contributed by atoms with E-state index in [1.54, 1.807) is 0 Å². The number of hydrogen-bond acceptors (Lipinski definition) is 3. The molecule has 2 N–H and O–H groups in total. The van der Waals surface area contributed by atoms with Gasteiger partial charge in [0.2, 0.25) is 5.91 Å². The fraction of sp³-hybridized carbons (Fsp3) is 0.444. The molecule has 1 fully saturated rings. The molecule has 2 atom stereocenters. The van der Waals surface area contributed by atoms with Crippen LogP contribution in [0, 0.1) is 5.92 Å². The molecule has 24 heavy (non-hydrogen) atoms. The van der Waals surface area contributed by atoms with Crippen LogP contribution in [0.1, 0.15) is 25.8 Å². The van der Waals surface area contributed by atoms with E-state index in [4.69, 9.17) is 4.84 Å². The predicted molar refractivity (Wildman–Crippen MR) is 91.0 cm³/mol. The molecular formula is C18H23N3O3. The molecule has 6 nitrogen and oxygen atoms in total. The van der Waals surface area contributed by atoms with Gasteiger partial charge in [0.25, 0.3) is 5.91 Å². The van der Waals surface area contributed by atoms with Crippen molar-refractivity contribution in [1.29, 1.82) is 0 Å². The third-order valence-corrected chi connectivity index (χ3v) is 4.41. The van der Waals surface area contributed by atoms with E-state index in [2.05, 4.69) is 10.3 Å². The molecule has 128 valence electrons. The summed E-state index contributed by atoms with van der Waals surface area (Å²) in [5.41, 5.74) is 2.02. The van der Waals surface area contributed by atoms with E-state index < -0.39 is 12.1 Å². The van der Waals surface area contributed by atoms with Gasteiger partial charge in [-0.25, -0.2) is 5.06 Å². The van der Waals surface area contributed by atoms with Crippen LogP contribution in [0.4, 0.5) is 0 Å². The molecule has 1 aliphatic heterocycles. The first kappa shape index (κ1) is 16.5. The van der Waals surface area contributed by atoms with E-state index >= 15 is 0 Å². The molecule has 1 saturated heterocycles. The fourth-order valence-corrected chi connectivity index (χ4v) is 3.27. The highest BCUT2D eigenvalue weighted by Gasteiger charge is 2.41. The topological polar surface area (TPSA) is 74.4 Å². The standard InChI is InChI=1S/C18H23N3O3/c1-11(2)8-16-17(22)20-15(18(23)21(16)24-3)9-12-10-19-14-7-5-4-6-13(12)14/h4-7,10-11,15-16,19H,8-9H2,1-3H3,(H,20,22)/t15-,16-/m0/s1. The SMILES string of the molecule is CON1C(=O)[C@H](Cc2c[nH]c3ccccc23)NC(=O)[C@@H]1CC(C)C. The van der Waals surface area contributed by atoms with E-state index in [1.807, 2.05) is 44.3 Å². The number of amides is 2. The zero-order valence-electron chi connectivity index (χ0n) is 14.2. The molecule has 0 unspecified atom stereocenters. The predicted octanol–water partition coefficient (Wildman–Crippen LogP) is 2.01. The number of para-hydroxylation sites is 1. The maximum Gasteiger partial charge on any atom is 0.269 e. The fourth-order valence-electron chi connectivity index (χ4n) is 3.27. The number of nitrogens with zero attached hydrogens (tertiary/aromatic N) is 1. The summed E-state index contributed by atoms with van der Waals surface area (Å²) >= 11 is 0. The highest BCUT2D eigenvalue weighted by molar-refractivity contribution is 5.97. The van der Waals surface area contributed by atoms with Crippen molar-refractivity contribution in [1.82, 2.24) is 15.4 Å². The molecule has 6 heteroatoms. The maximum absolute atomic E-state index is 12.7. The van der Waals surface area contributed by atoms with Gasteiger partial charge in [-0.3, -0.25) is 14.4 Å². The largest absolute Gasteiger partial charge is 0.361 e. The summed E-state index contributed by atoms with van der Waals surface area (Å²) in [6.45, 7) is 4.03. The van der Waals surface area contributed by atoms with Gasteiger partial charge in [-0.15, -0.1) is 0 Å². The van der Waals surface area contributed by atoms with Crippen LogP contribution in [-0.2, 0) is 20.8 Å². The summed E-state index contributed by atoms with van der Waals surface area (Å²) in [7, 11) is 1.44. The Labute approximate surface area is 141 Å². The third kappa shape index (κ3) is 3.01. The van der Waals surface area contributed by atoms with Crippen LogP contribution in [0.25, 0.3) is 10.9 Å². The first-order chi connectivity index (χ1) is 11.5. The number of hydroxylamine groups is 2. The van der Waals surface area contributed by atoms with Crippen molar-refractivity contribution in [3.63, 3.8) is 0 Å². The Hall–Kier alpha value is -2.34. The second-order valence-corrected chi connectivity index (χ2v) is 6.62. The van der Waals surface area contributed by atoms with Crippen molar-refractivity contribution < 1.29 is 14.4 Å². The number of carbonyl (C=O) groups is 2. The van der Waals surface area contributed by atoms with Crippen LogP contribution in [0.15, 0.2) is 30.5 Å². The molecule has 2 heterocycles. The summed E-state index contributed by atoms with van der Waals surface area (Å²) in [6, 6.07) is 6.73. The third-order valence-electron chi connectivity index (χ3n) is 4.41. The zero-order chi connectivity index (χ0) is 17.3. The number of H-pyrrole nitrogens is 1. The monoisotopic (exact) mass is 329 g/mol. The molecule has 1 aromatic carbocycles. The lowest BCUT2D eigenvalue weighted by molar-refractivity contribution is -0.201. The Kier molecular flexibility index (Phi) is 4.57. The Morgan fingerprint density at radius 1 is 1.25 bits per heavy atom. The van der Waals surface area contributed by atoms with Gasteiger partial charge in [-0.1, -0.05) is 32.0 Å². The Balaban J connectivity index is 1.82. The molecule has 0 spiro atoms. The Bertz CT molecular complexity index is 753. The Morgan fingerprint density at radius 2 is 2.00 bits per heavy atom. The maximum atomic E-state index is 12.7. The average molecular weight is 329 g/mol. The van der Waals surface area contributed by atoms with Gasteiger partial charge in [-0.05, 0) is 24.0 Å². The molecule has 3 rings (SSSR count). The van der Waals surface area contributed by atoms with Crippen molar-refractivity contribution in [3.05, 3.63) is 36.0 Å². The number of carbonyl (C=O) groups excluding carboxylic acids is 2. The van der Waals surface area contributed by atoms with Crippen LogP contribution < -0.4 is 5.32 Å². The number of nitrogens with one attached hydrogen (secondary N) is 2. The van der Waals surface area contributed by atoms with Gasteiger partial charge in [0.1, 0.15) is 12.1 Å². The van der Waals surface area contributed by atoms with Gasteiger partial charge < -0.3 is 10.3 Å². The molecular weight excluding hydrogens is 306 g/mol. The summed E-state index contributed by atoms with van der Waals surface area (Å²) < 4.78 is 0. The highest BCUT2D eigenvalue weighted by Crippen LogP contribution is 2.23. The summed E-state index contributed by atoms with van der Waals surface area (Å²) in [4.78, 5) is 33.6. The number of benzene rings is 1. The number of fused-ring (bicyclic) bond motifs is 1. The molecule has 2 amide bonds. The second kappa shape index (κ2) is 6.65. The van der Waals surface area contributed by atoms with E-state index in [1.165, 1.54) is 12.2 Å². The molecule has 0 radical (unpaired) electrons. The number of rotatable bonds is 5. The average Bonchev–Trinajstić information content (AvgIpc) is 2.95. The lowest BCUT2D eigenvalue weighted by Crippen LogP contribution is -2.63. The first-order valence-corrected chi connectivity index (χ1v) is 8.23. The minimum atomic E-state index is -0.611. The summed E-state index contributed by atoms with van der Waals surface area (Å²) in [5.74, 6) is -0.0700. The number of hydrogen-bond donors (Lipinski definition) is 2. The van der Waals surface area contributed by atoms with Crippen molar-refractivity contribution in [2.24, 2.45) is 5.92 Å². The minimum Gasteiger partial charge on any atom is -0.361 e. The molecule has 0 aliphatic carbocycles. The van der Waals surface area contributed by atoms with Crippen molar-refractivity contribution in [3.8, 4) is 0 Å². The molecule has 0 saturated carbocycles. The molecule has 0 bridgehead atoms. The van der Waals surface area contributed by atoms with E-state index in [0.29, 0.717) is 12.8 Å². The highest BCUT2D eigenvalue weighted by atomic mass is 16.7. The number of aromatic nitrogens is 1. The lowest BCUT2D eigenvalue weighted by atomic mass is 9.97. The molecule has 1 aromatic heterocycles. The quantitative estimate of drug-likeness (QED) is 0.881. The van der Waals surface area contributed by atoms with Gasteiger partial charge >= 0.3 is 0 Å². The van der Waals surface area contributed by atoms with Crippen LogP contribution in [-0.4, -0.2) is 41.1 Å². The zero-order valence-corrected chi connectivity index (χ0v) is 14.2.